The third-order valence-corrected chi connectivity index (χ3v) is 3.55. The second kappa shape index (κ2) is 4.42. The van der Waals surface area contributed by atoms with E-state index in [9.17, 15) is 4.79 Å². The van der Waals surface area contributed by atoms with Crippen LogP contribution in [0.1, 0.15) is 19.3 Å². The third kappa shape index (κ3) is 2.09. The molecule has 4 N–H and O–H groups in total. The van der Waals surface area contributed by atoms with E-state index < -0.39 is 0 Å². The molecule has 1 aliphatic rings. The molecule has 1 aromatic heterocycles. The van der Waals surface area contributed by atoms with Crippen LogP contribution >= 0.6 is 0 Å². The largest absolute Gasteiger partial charge is 0.328 e. The maximum absolute atomic E-state index is 12.0. The smallest absolute Gasteiger partial charge is 0.227 e. The first-order chi connectivity index (χ1) is 8.72. The number of nitrogens with one attached hydrogen (secondary N) is 2. The molecule has 1 amide bonds. The van der Waals surface area contributed by atoms with E-state index in [2.05, 4.69) is 15.5 Å². The Morgan fingerprint density at radius 2 is 2.33 bits per heavy atom. The van der Waals surface area contributed by atoms with Crippen LogP contribution in [0.2, 0.25) is 0 Å². The lowest BCUT2D eigenvalue weighted by Crippen LogP contribution is -2.23. The van der Waals surface area contributed by atoms with E-state index in [-0.39, 0.29) is 17.9 Å². The van der Waals surface area contributed by atoms with E-state index in [1.165, 1.54) is 0 Å². The van der Waals surface area contributed by atoms with Crippen molar-refractivity contribution in [1.29, 1.82) is 0 Å². The van der Waals surface area contributed by atoms with Gasteiger partial charge in [0.2, 0.25) is 5.91 Å². The summed E-state index contributed by atoms with van der Waals surface area (Å²) in [5.41, 5.74) is 7.55. The second-order valence-electron chi connectivity index (χ2n) is 4.93. The van der Waals surface area contributed by atoms with Gasteiger partial charge in [-0.1, -0.05) is 0 Å². The molecule has 5 nitrogen and oxygen atoms in total. The monoisotopic (exact) mass is 244 g/mol. The molecule has 0 radical (unpaired) electrons. The first-order valence-electron chi connectivity index (χ1n) is 6.22. The Bertz CT molecular complexity index is 577. The molecule has 1 heterocycles. The number of rotatable bonds is 2. The lowest BCUT2D eigenvalue weighted by molar-refractivity contribution is -0.119. The highest BCUT2D eigenvalue weighted by Crippen LogP contribution is 2.26. The number of aromatic nitrogens is 2. The van der Waals surface area contributed by atoms with Crippen LogP contribution in [0.5, 0.6) is 0 Å². The zero-order chi connectivity index (χ0) is 12.5. The fourth-order valence-corrected chi connectivity index (χ4v) is 2.51. The summed E-state index contributed by atoms with van der Waals surface area (Å²) in [5.74, 6) is 0.124. The highest BCUT2D eigenvalue weighted by molar-refractivity contribution is 5.94. The summed E-state index contributed by atoms with van der Waals surface area (Å²) in [5, 5.41) is 10.8. The lowest BCUT2D eigenvalue weighted by atomic mass is 10.1. The Morgan fingerprint density at radius 3 is 3.11 bits per heavy atom. The summed E-state index contributed by atoms with van der Waals surface area (Å²) < 4.78 is 0. The number of aromatic amines is 1. The van der Waals surface area contributed by atoms with E-state index in [0.29, 0.717) is 0 Å². The van der Waals surface area contributed by atoms with E-state index in [4.69, 9.17) is 5.73 Å². The van der Waals surface area contributed by atoms with Gasteiger partial charge in [0, 0.05) is 23.0 Å². The van der Waals surface area contributed by atoms with Gasteiger partial charge in [0.05, 0.1) is 11.7 Å². The first kappa shape index (κ1) is 11.2. The minimum atomic E-state index is 0.0532. The molecule has 1 fully saturated rings. The average Bonchev–Trinajstić information content (AvgIpc) is 2.96. The van der Waals surface area contributed by atoms with Gasteiger partial charge in [-0.15, -0.1) is 0 Å². The molecule has 0 spiro atoms. The van der Waals surface area contributed by atoms with Crippen molar-refractivity contribution in [1.82, 2.24) is 10.2 Å². The number of hydrogen-bond donors (Lipinski definition) is 3. The minimum absolute atomic E-state index is 0.0532. The maximum Gasteiger partial charge on any atom is 0.227 e. The zero-order valence-electron chi connectivity index (χ0n) is 10.0. The minimum Gasteiger partial charge on any atom is -0.328 e. The van der Waals surface area contributed by atoms with Gasteiger partial charge in [0.15, 0.2) is 0 Å². The van der Waals surface area contributed by atoms with Crippen LogP contribution in [0.4, 0.5) is 5.69 Å². The van der Waals surface area contributed by atoms with Gasteiger partial charge in [0.1, 0.15) is 0 Å². The van der Waals surface area contributed by atoms with Crippen LogP contribution in [0.3, 0.4) is 0 Å². The standard InChI is InChI=1S/C13H16N4O/c14-10-3-1-8(5-10)13(18)16-11-4-2-9-7-15-17-12(9)6-11/h2,4,6-8,10H,1,3,5,14H2,(H,15,17)(H,16,18). The third-order valence-electron chi connectivity index (χ3n) is 3.55. The normalized spacial score (nSPS) is 23.4. The molecule has 2 unspecified atom stereocenters. The van der Waals surface area contributed by atoms with Crippen LogP contribution in [0, 0.1) is 5.92 Å². The van der Waals surface area contributed by atoms with E-state index in [1.54, 1.807) is 6.20 Å². The van der Waals surface area contributed by atoms with Crippen LogP contribution in [0.15, 0.2) is 24.4 Å². The van der Waals surface area contributed by atoms with E-state index >= 15 is 0 Å². The molecule has 1 aliphatic carbocycles. The summed E-state index contributed by atoms with van der Waals surface area (Å²) in [6.07, 6.45) is 4.38. The van der Waals surface area contributed by atoms with Crippen molar-refractivity contribution < 1.29 is 4.79 Å². The van der Waals surface area contributed by atoms with Crippen LogP contribution in [-0.4, -0.2) is 22.1 Å². The molecular formula is C13H16N4O. The summed E-state index contributed by atoms with van der Waals surface area (Å²) in [4.78, 5) is 12.0. The number of H-pyrrole nitrogens is 1. The number of amides is 1. The van der Waals surface area contributed by atoms with Crippen molar-refractivity contribution in [2.75, 3.05) is 5.32 Å². The number of nitrogens with two attached hydrogens (primary N) is 1. The molecule has 94 valence electrons. The fourth-order valence-electron chi connectivity index (χ4n) is 2.51. The van der Waals surface area contributed by atoms with Crippen molar-refractivity contribution >= 4 is 22.5 Å². The predicted molar refractivity (Wildman–Crippen MR) is 70.0 cm³/mol. The number of benzene rings is 1. The molecular weight excluding hydrogens is 228 g/mol. The zero-order valence-corrected chi connectivity index (χ0v) is 10.0. The molecule has 3 rings (SSSR count). The highest BCUT2D eigenvalue weighted by atomic mass is 16.1. The van der Waals surface area contributed by atoms with E-state index in [1.807, 2.05) is 18.2 Å². The predicted octanol–water partition coefficient (Wildman–Crippen LogP) is 1.63. The number of carbonyl (C=O) groups excluding carboxylic acids is 1. The topological polar surface area (TPSA) is 83.8 Å². The Balaban J connectivity index is 1.73. The van der Waals surface area contributed by atoms with Crippen LogP contribution < -0.4 is 11.1 Å². The maximum atomic E-state index is 12.0. The number of hydrogen-bond acceptors (Lipinski definition) is 3. The number of carbonyl (C=O) groups is 1. The van der Waals surface area contributed by atoms with Crippen molar-refractivity contribution in [3.63, 3.8) is 0 Å². The lowest BCUT2D eigenvalue weighted by Gasteiger charge is -2.10. The van der Waals surface area contributed by atoms with Crippen molar-refractivity contribution in [2.45, 2.75) is 25.3 Å². The van der Waals surface area contributed by atoms with Crippen molar-refractivity contribution in [3.8, 4) is 0 Å². The summed E-state index contributed by atoms with van der Waals surface area (Å²) >= 11 is 0. The Hall–Kier alpha value is -1.88. The first-order valence-corrected chi connectivity index (χ1v) is 6.22. The van der Waals surface area contributed by atoms with Gasteiger partial charge >= 0.3 is 0 Å². The molecule has 2 atom stereocenters. The van der Waals surface area contributed by atoms with Gasteiger partial charge in [-0.25, -0.2) is 0 Å². The summed E-state index contributed by atoms with van der Waals surface area (Å²) in [7, 11) is 0. The van der Waals surface area contributed by atoms with Gasteiger partial charge in [-0.3, -0.25) is 9.89 Å². The molecule has 1 saturated carbocycles. The quantitative estimate of drug-likeness (QED) is 0.750. The molecule has 18 heavy (non-hydrogen) atoms. The van der Waals surface area contributed by atoms with Crippen molar-refractivity contribution in [3.05, 3.63) is 24.4 Å². The van der Waals surface area contributed by atoms with Gasteiger partial charge in [-0.2, -0.15) is 5.10 Å². The summed E-state index contributed by atoms with van der Waals surface area (Å²) in [6, 6.07) is 5.91. The number of nitrogens with zero attached hydrogens (tertiary/aromatic N) is 1. The van der Waals surface area contributed by atoms with Crippen molar-refractivity contribution in [2.24, 2.45) is 11.7 Å². The molecule has 2 aromatic rings. The highest BCUT2D eigenvalue weighted by Gasteiger charge is 2.27. The Morgan fingerprint density at radius 1 is 1.44 bits per heavy atom. The second-order valence-corrected chi connectivity index (χ2v) is 4.93. The van der Waals surface area contributed by atoms with Gasteiger partial charge in [0.25, 0.3) is 0 Å². The molecule has 0 saturated heterocycles. The average molecular weight is 244 g/mol. The number of fused-ring (bicyclic) bond motifs is 1. The molecule has 1 aromatic carbocycles. The van der Waals surface area contributed by atoms with Crippen LogP contribution in [0.25, 0.3) is 10.9 Å². The fraction of sp³-hybridized carbons (Fsp3) is 0.385. The van der Waals surface area contributed by atoms with E-state index in [0.717, 1.165) is 35.9 Å². The number of anilines is 1. The Labute approximate surface area is 105 Å². The molecule has 0 bridgehead atoms. The van der Waals surface area contributed by atoms with Gasteiger partial charge < -0.3 is 11.1 Å². The van der Waals surface area contributed by atoms with Gasteiger partial charge in [-0.05, 0) is 37.5 Å². The Kier molecular flexibility index (Phi) is 2.76. The SMILES string of the molecule is NC1CCC(C(=O)Nc2ccc3cn[nH]c3c2)C1. The molecule has 5 heteroatoms. The molecule has 0 aliphatic heterocycles. The van der Waals surface area contributed by atoms with Crippen LogP contribution in [-0.2, 0) is 4.79 Å². The summed E-state index contributed by atoms with van der Waals surface area (Å²) in [6.45, 7) is 0.